The van der Waals surface area contributed by atoms with Gasteiger partial charge >= 0.3 is 0 Å². The van der Waals surface area contributed by atoms with Crippen molar-refractivity contribution in [1.29, 1.82) is 0 Å². The third kappa shape index (κ3) is 3.22. The summed E-state index contributed by atoms with van der Waals surface area (Å²) in [4.78, 5) is 0. The van der Waals surface area contributed by atoms with Crippen LogP contribution in [-0.4, -0.2) is 5.67 Å². The number of allylic oxidation sites excluding steroid dienone is 7. The van der Waals surface area contributed by atoms with Crippen LogP contribution in [0.15, 0.2) is 47.1 Å². The average Bonchev–Trinajstić information content (AvgIpc) is 2.33. The molecule has 1 unspecified atom stereocenters. The molecule has 0 fully saturated rings. The molecule has 0 aromatic rings. The van der Waals surface area contributed by atoms with Gasteiger partial charge < -0.3 is 0 Å². The molecule has 1 atom stereocenters. The van der Waals surface area contributed by atoms with Crippen LogP contribution in [0, 0.1) is 11.8 Å². The van der Waals surface area contributed by atoms with Gasteiger partial charge in [0, 0.05) is 0 Å². The Morgan fingerprint density at radius 2 is 1.78 bits per heavy atom. The van der Waals surface area contributed by atoms with Gasteiger partial charge in [-0.25, -0.2) is 4.39 Å². The van der Waals surface area contributed by atoms with Crippen molar-refractivity contribution in [2.24, 2.45) is 11.8 Å². The van der Waals surface area contributed by atoms with Crippen LogP contribution in [0.1, 0.15) is 41.5 Å². The largest absolute Gasteiger partial charge is 0.235 e. The molecule has 0 aromatic heterocycles. The summed E-state index contributed by atoms with van der Waals surface area (Å²) < 4.78 is 14.4. The third-order valence-corrected chi connectivity index (χ3v) is 3.27. The molecule has 0 radical (unpaired) electrons. The van der Waals surface area contributed by atoms with Crippen molar-refractivity contribution in [1.82, 2.24) is 0 Å². The summed E-state index contributed by atoms with van der Waals surface area (Å²) in [5.74, 6) is 0.657. The van der Waals surface area contributed by atoms with Gasteiger partial charge in [0.1, 0.15) is 5.67 Å². The first-order chi connectivity index (χ1) is 8.15. The van der Waals surface area contributed by atoms with Crippen molar-refractivity contribution in [3.8, 4) is 0 Å². The molecule has 18 heavy (non-hydrogen) atoms. The van der Waals surface area contributed by atoms with Crippen molar-refractivity contribution in [2.45, 2.75) is 47.2 Å². The summed E-state index contributed by atoms with van der Waals surface area (Å²) in [6.07, 6.45) is 5.33. The maximum Gasteiger partial charge on any atom is 0.145 e. The molecule has 0 saturated heterocycles. The van der Waals surface area contributed by atoms with E-state index in [9.17, 15) is 4.39 Å². The van der Waals surface area contributed by atoms with Gasteiger partial charge in [-0.15, -0.1) is 0 Å². The van der Waals surface area contributed by atoms with Gasteiger partial charge in [-0.3, -0.25) is 0 Å². The molecule has 0 N–H and O–H groups in total. The molecule has 0 heterocycles. The van der Waals surface area contributed by atoms with Gasteiger partial charge in [-0.05, 0) is 54.6 Å². The Balaban J connectivity index is 3.54. The van der Waals surface area contributed by atoms with Crippen molar-refractivity contribution >= 4 is 0 Å². The molecule has 0 aromatic carbocycles. The predicted molar refractivity (Wildman–Crippen MR) is 78.3 cm³/mol. The fraction of sp³-hybridized carbons (Fsp3) is 0.529. The van der Waals surface area contributed by atoms with E-state index in [1.165, 1.54) is 5.57 Å². The first-order valence-electron chi connectivity index (χ1n) is 6.67. The zero-order valence-corrected chi connectivity index (χ0v) is 12.5. The zero-order valence-electron chi connectivity index (χ0n) is 12.5. The maximum absolute atomic E-state index is 14.4. The van der Waals surface area contributed by atoms with Crippen LogP contribution in [-0.2, 0) is 0 Å². The highest BCUT2D eigenvalue weighted by atomic mass is 19.1. The van der Waals surface area contributed by atoms with Gasteiger partial charge in [0.25, 0.3) is 0 Å². The van der Waals surface area contributed by atoms with Crippen LogP contribution in [0.2, 0.25) is 0 Å². The van der Waals surface area contributed by atoms with Crippen LogP contribution < -0.4 is 0 Å². The molecule has 100 valence electrons. The molecule has 1 aliphatic carbocycles. The Morgan fingerprint density at radius 1 is 1.22 bits per heavy atom. The Bertz CT molecular complexity index is 429. The molecule has 0 nitrogen and oxygen atoms in total. The molecule has 1 aliphatic rings. The van der Waals surface area contributed by atoms with Gasteiger partial charge in [-0.2, -0.15) is 0 Å². The molecule has 0 amide bonds. The Labute approximate surface area is 111 Å². The number of halogens is 1. The van der Waals surface area contributed by atoms with E-state index in [2.05, 4.69) is 34.3 Å². The fourth-order valence-electron chi connectivity index (χ4n) is 2.36. The van der Waals surface area contributed by atoms with E-state index < -0.39 is 5.67 Å². The van der Waals surface area contributed by atoms with E-state index in [4.69, 9.17) is 0 Å². The molecule has 0 spiro atoms. The van der Waals surface area contributed by atoms with Crippen molar-refractivity contribution in [2.75, 3.05) is 0 Å². The number of alkyl halides is 1. The molecule has 0 bridgehead atoms. The SMILES string of the molecule is C=C(C)C1=C(C(C)C)C=CC(C)(F)C=C1C(C)C. The van der Waals surface area contributed by atoms with Crippen molar-refractivity contribution in [3.63, 3.8) is 0 Å². The zero-order chi connectivity index (χ0) is 14.1. The Kier molecular flexibility index (Phi) is 4.37. The first-order valence-corrected chi connectivity index (χ1v) is 6.67. The molecule has 1 heteroatoms. The summed E-state index contributed by atoms with van der Waals surface area (Å²) in [6, 6.07) is 0. The molecule has 0 aliphatic heterocycles. The highest BCUT2D eigenvalue weighted by Gasteiger charge is 2.25. The normalized spacial score (nSPS) is 24.6. The monoisotopic (exact) mass is 248 g/mol. The minimum absolute atomic E-state index is 0.292. The second kappa shape index (κ2) is 5.26. The van der Waals surface area contributed by atoms with E-state index in [1.54, 1.807) is 19.1 Å². The predicted octanol–water partition coefficient (Wildman–Crippen LogP) is 5.40. The third-order valence-electron chi connectivity index (χ3n) is 3.27. The van der Waals surface area contributed by atoms with Gasteiger partial charge in [0.15, 0.2) is 0 Å². The summed E-state index contributed by atoms with van der Waals surface area (Å²) >= 11 is 0. The van der Waals surface area contributed by atoms with E-state index in [1.807, 2.05) is 13.0 Å². The van der Waals surface area contributed by atoms with Crippen LogP contribution >= 0.6 is 0 Å². The van der Waals surface area contributed by atoms with Crippen LogP contribution in [0.4, 0.5) is 4.39 Å². The number of hydrogen-bond acceptors (Lipinski definition) is 0. The maximum atomic E-state index is 14.4. The standard InChI is InChI=1S/C17H25F/c1-11(2)14-8-9-17(7,18)10-15(12(3)4)16(14)13(5)6/h8-12H,5H2,1-4,6-7H3. The minimum atomic E-state index is -1.38. The Hall–Kier alpha value is -1.11. The summed E-state index contributed by atoms with van der Waals surface area (Å²) in [7, 11) is 0. The summed E-state index contributed by atoms with van der Waals surface area (Å²) in [5, 5.41) is 0. The quantitative estimate of drug-likeness (QED) is 0.627. The van der Waals surface area contributed by atoms with Crippen LogP contribution in [0.3, 0.4) is 0 Å². The van der Waals surface area contributed by atoms with Crippen molar-refractivity contribution in [3.05, 3.63) is 47.1 Å². The molecule has 1 rings (SSSR count). The topological polar surface area (TPSA) is 0 Å². The lowest BCUT2D eigenvalue weighted by molar-refractivity contribution is 0.326. The van der Waals surface area contributed by atoms with Crippen LogP contribution in [0.25, 0.3) is 0 Å². The second-order valence-corrected chi connectivity index (χ2v) is 6.00. The molecular weight excluding hydrogens is 223 g/mol. The average molecular weight is 248 g/mol. The first kappa shape index (κ1) is 14.9. The summed E-state index contributed by atoms with van der Waals surface area (Å²) in [6.45, 7) is 16.2. The second-order valence-electron chi connectivity index (χ2n) is 6.00. The van der Waals surface area contributed by atoms with Crippen LogP contribution in [0.5, 0.6) is 0 Å². The lowest BCUT2D eigenvalue weighted by atomic mass is 9.84. The number of hydrogen-bond donors (Lipinski definition) is 0. The Morgan fingerprint density at radius 3 is 2.17 bits per heavy atom. The van der Waals surface area contributed by atoms with Crippen molar-refractivity contribution < 1.29 is 4.39 Å². The number of rotatable bonds is 3. The van der Waals surface area contributed by atoms with Gasteiger partial charge in [0.2, 0.25) is 0 Å². The van der Waals surface area contributed by atoms with E-state index >= 15 is 0 Å². The lowest BCUT2D eigenvalue weighted by Gasteiger charge is -2.21. The van der Waals surface area contributed by atoms with E-state index in [0.717, 1.165) is 16.7 Å². The minimum Gasteiger partial charge on any atom is -0.235 e. The van der Waals surface area contributed by atoms with E-state index in [-0.39, 0.29) is 0 Å². The van der Waals surface area contributed by atoms with E-state index in [0.29, 0.717) is 11.8 Å². The van der Waals surface area contributed by atoms with Gasteiger partial charge in [-0.1, -0.05) is 45.9 Å². The smallest absolute Gasteiger partial charge is 0.145 e. The summed E-state index contributed by atoms with van der Waals surface area (Å²) in [5.41, 5.74) is 3.03. The molecule has 0 saturated carbocycles. The lowest BCUT2D eigenvalue weighted by Crippen LogP contribution is -2.12. The molecular formula is C17H25F. The fourth-order valence-corrected chi connectivity index (χ4v) is 2.36. The highest BCUT2D eigenvalue weighted by molar-refractivity contribution is 5.55. The highest BCUT2D eigenvalue weighted by Crippen LogP contribution is 2.36. The van der Waals surface area contributed by atoms with Gasteiger partial charge in [0.05, 0.1) is 0 Å².